The van der Waals surface area contributed by atoms with Crippen molar-refractivity contribution in [2.75, 3.05) is 13.9 Å². The van der Waals surface area contributed by atoms with Crippen LogP contribution in [0.15, 0.2) is 22.9 Å². The lowest BCUT2D eigenvalue weighted by molar-refractivity contribution is 0.0508. The number of hydrogen-bond acceptors (Lipinski definition) is 3. The molecule has 0 N–H and O–H groups in total. The van der Waals surface area contributed by atoms with Gasteiger partial charge in [-0.1, -0.05) is 0 Å². The minimum absolute atomic E-state index is 0.248. The van der Waals surface area contributed by atoms with Gasteiger partial charge in [-0.2, -0.15) is 0 Å². The van der Waals surface area contributed by atoms with Gasteiger partial charge in [-0.05, 0) is 22.0 Å². The molecule has 0 fully saturated rings. The van der Waals surface area contributed by atoms with Gasteiger partial charge in [0.1, 0.15) is 5.75 Å². The molecule has 0 atom stereocenters. The first-order valence-electron chi connectivity index (χ1n) is 3.05. The SMILES string of the molecule is COCOc1cncc(Br)c1. The van der Waals surface area contributed by atoms with Gasteiger partial charge in [-0.3, -0.25) is 4.98 Å². The highest BCUT2D eigenvalue weighted by molar-refractivity contribution is 9.10. The van der Waals surface area contributed by atoms with E-state index in [0.29, 0.717) is 5.75 Å². The van der Waals surface area contributed by atoms with Gasteiger partial charge >= 0.3 is 0 Å². The highest BCUT2D eigenvalue weighted by Crippen LogP contribution is 2.15. The summed E-state index contributed by atoms with van der Waals surface area (Å²) in [6.07, 6.45) is 3.32. The van der Waals surface area contributed by atoms with Crippen molar-refractivity contribution in [3.8, 4) is 5.75 Å². The van der Waals surface area contributed by atoms with E-state index in [1.165, 1.54) is 0 Å². The number of ether oxygens (including phenoxy) is 2. The number of methoxy groups -OCH3 is 1. The zero-order valence-electron chi connectivity index (χ0n) is 6.08. The molecule has 0 spiro atoms. The molecular formula is C7H8BrNO2. The third kappa shape index (κ3) is 2.86. The summed E-state index contributed by atoms with van der Waals surface area (Å²) in [4.78, 5) is 3.91. The van der Waals surface area contributed by atoms with Crippen LogP contribution in [0.5, 0.6) is 5.75 Å². The van der Waals surface area contributed by atoms with Crippen LogP contribution in [0, 0.1) is 0 Å². The summed E-state index contributed by atoms with van der Waals surface area (Å²) in [6.45, 7) is 0.248. The molecule has 0 bridgehead atoms. The Hall–Kier alpha value is -0.610. The summed E-state index contributed by atoms with van der Waals surface area (Å²) < 4.78 is 10.7. The monoisotopic (exact) mass is 217 g/mol. The summed E-state index contributed by atoms with van der Waals surface area (Å²) in [5.74, 6) is 0.696. The Morgan fingerprint density at radius 3 is 3.00 bits per heavy atom. The fraction of sp³-hybridized carbons (Fsp3) is 0.286. The standard InChI is InChI=1S/C7H8BrNO2/c1-10-5-11-7-2-6(8)3-9-4-7/h2-4H,5H2,1H3. The predicted molar refractivity (Wildman–Crippen MR) is 44.4 cm³/mol. The van der Waals surface area contributed by atoms with Crippen LogP contribution < -0.4 is 4.74 Å². The molecule has 11 heavy (non-hydrogen) atoms. The van der Waals surface area contributed by atoms with E-state index in [4.69, 9.17) is 9.47 Å². The van der Waals surface area contributed by atoms with Crippen LogP contribution in [0.25, 0.3) is 0 Å². The van der Waals surface area contributed by atoms with Crippen LogP contribution >= 0.6 is 15.9 Å². The second-order valence-electron chi connectivity index (χ2n) is 1.89. The van der Waals surface area contributed by atoms with Crippen molar-refractivity contribution >= 4 is 15.9 Å². The van der Waals surface area contributed by atoms with Crippen molar-refractivity contribution in [2.45, 2.75) is 0 Å². The minimum Gasteiger partial charge on any atom is -0.466 e. The van der Waals surface area contributed by atoms with Gasteiger partial charge in [0.25, 0.3) is 0 Å². The van der Waals surface area contributed by atoms with Crippen molar-refractivity contribution in [3.05, 3.63) is 22.9 Å². The summed E-state index contributed by atoms with van der Waals surface area (Å²) >= 11 is 3.27. The van der Waals surface area contributed by atoms with E-state index >= 15 is 0 Å². The summed E-state index contributed by atoms with van der Waals surface area (Å²) in [7, 11) is 1.57. The van der Waals surface area contributed by atoms with E-state index < -0.39 is 0 Å². The largest absolute Gasteiger partial charge is 0.466 e. The number of nitrogens with zero attached hydrogens (tertiary/aromatic N) is 1. The van der Waals surface area contributed by atoms with Crippen LogP contribution in [0.1, 0.15) is 0 Å². The quantitative estimate of drug-likeness (QED) is 0.725. The average Bonchev–Trinajstić information content (AvgIpc) is 2.01. The lowest BCUT2D eigenvalue weighted by atomic mass is 10.5. The van der Waals surface area contributed by atoms with Gasteiger partial charge in [0.05, 0.1) is 6.20 Å². The molecular weight excluding hydrogens is 210 g/mol. The highest BCUT2D eigenvalue weighted by Gasteiger charge is 1.93. The number of rotatable bonds is 3. The molecule has 0 aliphatic rings. The van der Waals surface area contributed by atoms with Gasteiger partial charge < -0.3 is 9.47 Å². The lowest BCUT2D eigenvalue weighted by Crippen LogP contribution is -1.98. The number of aromatic nitrogens is 1. The lowest BCUT2D eigenvalue weighted by Gasteiger charge is -2.02. The van der Waals surface area contributed by atoms with Gasteiger partial charge in [0, 0.05) is 17.8 Å². The fourth-order valence-electron chi connectivity index (χ4n) is 0.598. The highest BCUT2D eigenvalue weighted by atomic mass is 79.9. The summed E-state index contributed by atoms with van der Waals surface area (Å²) in [5, 5.41) is 0. The van der Waals surface area contributed by atoms with Gasteiger partial charge in [-0.25, -0.2) is 0 Å². The fourth-order valence-corrected chi connectivity index (χ4v) is 0.942. The maximum Gasteiger partial charge on any atom is 0.188 e. The van der Waals surface area contributed by atoms with E-state index in [2.05, 4.69) is 20.9 Å². The third-order valence-corrected chi connectivity index (χ3v) is 1.46. The first-order chi connectivity index (χ1) is 5.33. The van der Waals surface area contributed by atoms with Crippen LogP contribution in [-0.4, -0.2) is 18.9 Å². The Labute approximate surface area is 73.5 Å². The molecule has 0 saturated heterocycles. The van der Waals surface area contributed by atoms with E-state index in [0.717, 1.165) is 4.47 Å². The van der Waals surface area contributed by atoms with Crippen LogP contribution in [0.3, 0.4) is 0 Å². The molecule has 0 unspecified atom stereocenters. The van der Waals surface area contributed by atoms with E-state index in [-0.39, 0.29) is 6.79 Å². The Bertz CT molecular complexity index is 229. The first-order valence-corrected chi connectivity index (χ1v) is 3.84. The minimum atomic E-state index is 0.248. The number of pyridine rings is 1. The topological polar surface area (TPSA) is 31.4 Å². The molecule has 1 rings (SSSR count). The normalized spacial score (nSPS) is 9.64. The van der Waals surface area contributed by atoms with Gasteiger partial charge in [0.2, 0.25) is 0 Å². The number of halogens is 1. The molecule has 1 aromatic rings. The van der Waals surface area contributed by atoms with E-state index in [1.54, 1.807) is 19.5 Å². The zero-order valence-corrected chi connectivity index (χ0v) is 7.67. The van der Waals surface area contributed by atoms with Crippen LogP contribution in [0.2, 0.25) is 0 Å². The van der Waals surface area contributed by atoms with E-state index in [9.17, 15) is 0 Å². The molecule has 0 aromatic carbocycles. The van der Waals surface area contributed by atoms with E-state index in [1.807, 2.05) is 6.07 Å². The second kappa shape index (κ2) is 4.31. The van der Waals surface area contributed by atoms with Gasteiger partial charge in [-0.15, -0.1) is 0 Å². The zero-order chi connectivity index (χ0) is 8.10. The Balaban J connectivity index is 2.56. The van der Waals surface area contributed by atoms with Crippen molar-refractivity contribution in [3.63, 3.8) is 0 Å². The average molecular weight is 218 g/mol. The smallest absolute Gasteiger partial charge is 0.188 e. The van der Waals surface area contributed by atoms with Gasteiger partial charge in [0.15, 0.2) is 6.79 Å². The van der Waals surface area contributed by atoms with Crippen LogP contribution in [0.4, 0.5) is 0 Å². The second-order valence-corrected chi connectivity index (χ2v) is 2.81. The Morgan fingerprint density at radius 2 is 2.36 bits per heavy atom. The number of hydrogen-bond donors (Lipinski definition) is 0. The summed E-state index contributed by atoms with van der Waals surface area (Å²) in [6, 6.07) is 1.83. The summed E-state index contributed by atoms with van der Waals surface area (Å²) in [5.41, 5.74) is 0. The van der Waals surface area contributed by atoms with Crippen molar-refractivity contribution in [1.29, 1.82) is 0 Å². The predicted octanol–water partition coefficient (Wildman–Crippen LogP) is 1.83. The molecule has 0 aliphatic heterocycles. The molecule has 0 aliphatic carbocycles. The molecule has 4 heteroatoms. The Morgan fingerprint density at radius 1 is 1.55 bits per heavy atom. The maximum absolute atomic E-state index is 5.12. The molecule has 1 aromatic heterocycles. The molecule has 1 heterocycles. The molecule has 60 valence electrons. The Kier molecular flexibility index (Phi) is 3.32. The third-order valence-electron chi connectivity index (χ3n) is 1.02. The molecule has 0 radical (unpaired) electrons. The van der Waals surface area contributed by atoms with Crippen molar-refractivity contribution in [2.24, 2.45) is 0 Å². The molecule has 3 nitrogen and oxygen atoms in total. The molecule has 0 amide bonds. The first kappa shape index (κ1) is 8.49. The van der Waals surface area contributed by atoms with Crippen LogP contribution in [-0.2, 0) is 4.74 Å². The molecule has 0 saturated carbocycles. The maximum atomic E-state index is 5.12. The van der Waals surface area contributed by atoms with Crippen molar-refractivity contribution in [1.82, 2.24) is 4.98 Å². The van der Waals surface area contributed by atoms with Crippen molar-refractivity contribution < 1.29 is 9.47 Å².